The van der Waals surface area contributed by atoms with Gasteiger partial charge in [0.2, 0.25) is 0 Å². The first kappa shape index (κ1) is 13.2. The van der Waals surface area contributed by atoms with Crippen LogP contribution in [0.5, 0.6) is 0 Å². The Morgan fingerprint density at radius 3 is 2.56 bits per heavy atom. The molecule has 0 bridgehead atoms. The Hall–Kier alpha value is -0.870. The Balaban J connectivity index is 2.45. The number of hydrogen-bond acceptors (Lipinski definition) is 3. The van der Waals surface area contributed by atoms with E-state index in [4.69, 9.17) is 10.5 Å². The van der Waals surface area contributed by atoms with Crippen molar-refractivity contribution in [3.8, 4) is 0 Å². The van der Waals surface area contributed by atoms with Crippen molar-refractivity contribution in [2.45, 2.75) is 45.8 Å². The number of aromatic nitrogens is 2. The lowest BCUT2D eigenvalue weighted by Gasteiger charge is -2.22. The molecule has 0 radical (unpaired) electrons. The number of nitrogens with two attached hydrogens (primary N) is 1. The highest BCUT2D eigenvalue weighted by Crippen LogP contribution is 2.09. The van der Waals surface area contributed by atoms with Crippen LogP contribution in [0.15, 0.2) is 6.07 Å². The molecular formula is C12H23N3O. The molecule has 1 rings (SSSR count). The molecule has 0 saturated carbocycles. The Kier molecular flexibility index (Phi) is 4.10. The minimum Gasteiger partial charge on any atom is -0.374 e. The molecule has 0 spiro atoms. The zero-order chi connectivity index (χ0) is 12.3. The van der Waals surface area contributed by atoms with Gasteiger partial charge in [-0.1, -0.05) is 0 Å². The molecule has 0 saturated heterocycles. The molecule has 92 valence electrons. The summed E-state index contributed by atoms with van der Waals surface area (Å²) in [6, 6.07) is 2.09. The average molecular weight is 225 g/mol. The van der Waals surface area contributed by atoms with E-state index in [9.17, 15) is 0 Å². The fraction of sp³-hybridized carbons (Fsp3) is 0.750. The van der Waals surface area contributed by atoms with Crippen LogP contribution >= 0.6 is 0 Å². The topological polar surface area (TPSA) is 53.1 Å². The maximum Gasteiger partial charge on any atom is 0.0628 e. The third kappa shape index (κ3) is 4.33. The first-order valence-electron chi connectivity index (χ1n) is 5.67. The van der Waals surface area contributed by atoms with Gasteiger partial charge in [-0.15, -0.1) is 0 Å². The van der Waals surface area contributed by atoms with Crippen LogP contribution in [0.3, 0.4) is 0 Å². The lowest BCUT2D eigenvalue weighted by Crippen LogP contribution is -2.33. The molecule has 2 N–H and O–H groups in total. The molecule has 1 unspecified atom stereocenters. The minimum atomic E-state index is -0.125. The van der Waals surface area contributed by atoms with Crippen LogP contribution in [-0.2, 0) is 18.2 Å². The third-order valence-corrected chi connectivity index (χ3v) is 2.30. The van der Waals surface area contributed by atoms with Crippen LogP contribution in [-0.4, -0.2) is 28.0 Å². The van der Waals surface area contributed by atoms with E-state index in [0.717, 1.165) is 17.8 Å². The smallest absolute Gasteiger partial charge is 0.0628 e. The Morgan fingerprint density at radius 2 is 2.12 bits per heavy atom. The van der Waals surface area contributed by atoms with Crippen LogP contribution in [0.4, 0.5) is 0 Å². The van der Waals surface area contributed by atoms with Gasteiger partial charge in [0.1, 0.15) is 0 Å². The maximum atomic E-state index is 6.02. The van der Waals surface area contributed by atoms with Gasteiger partial charge in [-0.2, -0.15) is 5.10 Å². The number of rotatable bonds is 4. The van der Waals surface area contributed by atoms with Crippen molar-refractivity contribution in [3.05, 3.63) is 17.5 Å². The molecule has 0 fully saturated rings. The Morgan fingerprint density at radius 1 is 1.50 bits per heavy atom. The molecule has 0 aliphatic carbocycles. The van der Waals surface area contributed by atoms with E-state index < -0.39 is 0 Å². The van der Waals surface area contributed by atoms with E-state index in [1.807, 2.05) is 39.4 Å². The van der Waals surface area contributed by atoms with Gasteiger partial charge in [0.05, 0.1) is 17.9 Å². The van der Waals surface area contributed by atoms with Crippen LogP contribution < -0.4 is 5.73 Å². The summed E-state index contributed by atoms with van der Waals surface area (Å²) in [6.45, 7) is 8.67. The fourth-order valence-corrected chi connectivity index (χ4v) is 1.54. The van der Waals surface area contributed by atoms with Gasteiger partial charge >= 0.3 is 0 Å². The van der Waals surface area contributed by atoms with Crippen LogP contribution in [0.1, 0.15) is 32.2 Å². The quantitative estimate of drug-likeness (QED) is 0.843. The van der Waals surface area contributed by atoms with E-state index in [-0.39, 0.29) is 11.6 Å². The molecule has 1 atom stereocenters. The average Bonchev–Trinajstić information content (AvgIpc) is 2.41. The first-order chi connectivity index (χ1) is 7.28. The number of nitrogens with zero attached hydrogens (tertiary/aromatic N) is 2. The molecule has 0 aliphatic rings. The molecule has 0 aromatic carbocycles. The second-order valence-electron chi connectivity index (χ2n) is 5.29. The molecule has 0 amide bonds. The molecule has 1 aromatic heterocycles. The van der Waals surface area contributed by atoms with E-state index in [2.05, 4.69) is 11.2 Å². The van der Waals surface area contributed by atoms with Crippen LogP contribution in [0.2, 0.25) is 0 Å². The van der Waals surface area contributed by atoms with Crippen molar-refractivity contribution in [2.75, 3.05) is 6.61 Å². The summed E-state index contributed by atoms with van der Waals surface area (Å²) in [5.41, 5.74) is 8.08. The van der Waals surface area contributed by atoms with Crippen LogP contribution in [0.25, 0.3) is 0 Å². The van der Waals surface area contributed by atoms with Crippen LogP contribution in [0, 0.1) is 6.92 Å². The van der Waals surface area contributed by atoms with Gasteiger partial charge in [0.25, 0.3) is 0 Å². The van der Waals surface area contributed by atoms with Crippen molar-refractivity contribution in [1.29, 1.82) is 0 Å². The fourth-order valence-electron chi connectivity index (χ4n) is 1.54. The molecule has 4 heteroatoms. The van der Waals surface area contributed by atoms with Crippen molar-refractivity contribution >= 4 is 0 Å². The molecule has 1 aromatic rings. The van der Waals surface area contributed by atoms with E-state index in [1.165, 1.54) is 0 Å². The minimum absolute atomic E-state index is 0.0222. The van der Waals surface area contributed by atoms with E-state index in [1.54, 1.807) is 0 Å². The Labute approximate surface area is 97.8 Å². The lowest BCUT2D eigenvalue weighted by atomic mass is 10.1. The second-order valence-corrected chi connectivity index (χ2v) is 5.29. The van der Waals surface area contributed by atoms with Gasteiger partial charge < -0.3 is 10.5 Å². The number of ether oxygens (including phenoxy) is 1. The molecular weight excluding hydrogens is 202 g/mol. The molecule has 4 nitrogen and oxygen atoms in total. The monoisotopic (exact) mass is 225 g/mol. The molecule has 0 aliphatic heterocycles. The highest BCUT2D eigenvalue weighted by molar-refractivity contribution is 5.09. The zero-order valence-corrected chi connectivity index (χ0v) is 10.9. The van der Waals surface area contributed by atoms with E-state index >= 15 is 0 Å². The number of aryl methyl sites for hydroxylation is 2. The normalized spacial score (nSPS) is 14.1. The third-order valence-electron chi connectivity index (χ3n) is 2.30. The summed E-state index contributed by atoms with van der Waals surface area (Å²) in [5, 5.41) is 4.29. The highest BCUT2D eigenvalue weighted by atomic mass is 16.5. The van der Waals surface area contributed by atoms with E-state index in [0.29, 0.717) is 6.61 Å². The van der Waals surface area contributed by atoms with Gasteiger partial charge in [-0.3, -0.25) is 4.68 Å². The predicted octanol–water partition coefficient (Wildman–Crippen LogP) is 1.41. The van der Waals surface area contributed by atoms with Crippen molar-refractivity contribution in [1.82, 2.24) is 9.78 Å². The zero-order valence-electron chi connectivity index (χ0n) is 10.9. The second kappa shape index (κ2) is 4.97. The van der Waals surface area contributed by atoms with Gasteiger partial charge in [0, 0.05) is 25.2 Å². The van der Waals surface area contributed by atoms with Crippen molar-refractivity contribution < 1.29 is 4.74 Å². The summed E-state index contributed by atoms with van der Waals surface area (Å²) in [4.78, 5) is 0. The predicted molar refractivity (Wildman–Crippen MR) is 65.3 cm³/mol. The highest BCUT2D eigenvalue weighted by Gasteiger charge is 2.14. The van der Waals surface area contributed by atoms with Gasteiger partial charge in [0.15, 0.2) is 0 Å². The standard InChI is InChI=1S/C12H23N3O/c1-9-6-11(15(5)14-9)7-10(13)8-16-12(2,3)4/h6,10H,7-8,13H2,1-5H3. The summed E-state index contributed by atoms with van der Waals surface area (Å²) in [5.74, 6) is 0. The summed E-state index contributed by atoms with van der Waals surface area (Å²) >= 11 is 0. The SMILES string of the molecule is Cc1cc(CC(N)COC(C)(C)C)n(C)n1. The van der Waals surface area contributed by atoms with Crippen molar-refractivity contribution in [3.63, 3.8) is 0 Å². The summed E-state index contributed by atoms with van der Waals surface area (Å²) in [6.07, 6.45) is 0.799. The molecule has 16 heavy (non-hydrogen) atoms. The molecule has 1 heterocycles. The summed E-state index contributed by atoms with van der Waals surface area (Å²) < 4.78 is 7.54. The first-order valence-corrected chi connectivity index (χ1v) is 5.67. The number of hydrogen-bond donors (Lipinski definition) is 1. The maximum absolute atomic E-state index is 6.02. The Bertz CT molecular complexity index is 339. The van der Waals surface area contributed by atoms with Crippen molar-refractivity contribution in [2.24, 2.45) is 12.8 Å². The summed E-state index contributed by atoms with van der Waals surface area (Å²) in [7, 11) is 1.94. The lowest BCUT2D eigenvalue weighted by molar-refractivity contribution is -0.00999. The largest absolute Gasteiger partial charge is 0.374 e. The van der Waals surface area contributed by atoms with Gasteiger partial charge in [-0.25, -0.2) is 0 Å². The van der Waals surface area contributed by atoms with Gasteiger partial charge in [-0.05, 0) is 33.8 Å².